The first-order chi connectivity index (χ1) is 10.1. The molecule has 1 aromatic heterocycles. The molecule has 0 spiro atoms. The lowest BCUT2D eigenvalue weighted by molar-refractivity contribution is 0.248. The van der Waals surface area contributed by atoms with Crippen LogP contribution in [0.5, 0.6) is 5.75 Å². The summed E-state index contributed by atoms with van der Waals surface area (Å²) in [6, 6.07) is 10.5. The number of carbonyl (C=O) groups is 1. The Bertz CT molecular complexity index is 842. The molecule has 21 heavy (non-hydrogen) atoms. The number of rotatable bonds is 2. The minimum atomic E-state index is -0.712. The Labute approximate surface area is 119 Å². The summed E-state index contributed by atoms with van der Waals surface area (Å²) in [5.74, 6) is 0.207. The maximum Gasteiger partial charge on any atom is 0.340 e. The molecule has 0 atom stereocenters. The molecule has 106 valence electrons. The molecule has 2 N–H and O–H groups in total. The lowest BCUT2D eigenvalue weighted by Crippen LogP contribution is -2.20. The minimum absolute atomic E-state index is 0.372. The smallest absolute Gasteiger partial charge is 0.340 e. The zero-order chi connectivity index (χ0) is 15.0. The summed E-state index contributed by atoms with van der Waals surface area (Å²) >= 11 is 0. The van der Waals surface area contributed by atoms with Crippen molar-refractivity contribution in [1.82, 2.24) is 9.78 Å². The Morgan fingerprint density at radius 1 is 1.29 bits per heavy atom. The lowest BCUT2D eigenvalue weighted by atomic mass is 10.1. The highest BCUT2D eigenvalue weighted by molar-refractivity contribution is 5.98. The molecule has 0 bridgehead atoms. The Kier molecular flexibility index (Phi) is 3.06. The van der Waals surface area contributed by atoms with Crippen LogP contribution in [0, 0.1) is 5.82 Å². The molecule has 6 heteroatoms. The fraction of sp³-hybridized carbons (Fsp3) is 0.0667. The Morgan fingerprint density at radius 3 is 2.76 bits per heavy atom. The number of carbonyl (C=O) groups excluding carboxylic acids is 1. The largest absolute Gasteiger partial charge is 0.497 e. The van der Waals surface area contributed by atoms with Gasteiger partial charge in [0.1, 0.15) is 17.3 Å². The molecule has 2 aromatic carbocycles. The molecule has 0 aliphatic heterocycles. The molecule has 3 aromatic rings. The summed E-state index contributed by atoms with van der Waals surface area (Å²) < 4.78 is 19.6. The number of halogens is 1. The first-order valence-electron chi connectivity index (χ1n) is 6.22. The first kappa shape index (κ1) is 13.1. The standard InChI is InChI=1S/C15H12FN3O2/c1-21-11-5-6-12-13(8-11)19(15(17)20)18-14(12)9-3-2-4-10(16)7-9/h2-8H,1H3,(H2,17,20). The molecule has 0 radical (unpaired) electrons. The molecule has 0 fully saturated rings. The third kappa shape index (κ3) is 2.20. The fourth-order valence-electron chi connectivity index (χ4n) is 2.24. The van der Waals surface area contributed by atoms with E-state index in [0.717, 1.165) is 4.68 Å². The van der Waals surface area contributed by atoms with Crippen LogP contribution in [0.3, 0.4) is 0 Å². The van der Waals surface area contributed by atoms with E-state index in [1.807, 2.05) is 0 Å². The number of amides is 1. The monoisotopic (exact) mass is 285 g/mol. The van der Waals surface area contributed by atoms with Crippen molar-refractivity contribution >= 4 is 16.9 Å². The summed E-state index contributed by atoms with van der Waals surface area (Å²) in [4.78, 5) is 11.5. The third-order valence-corrected chi connectivity index (χ3v) is 3.20. The normalized spacial score (nSPS) is 10.8. The molecule has 0 saturated heterocycles. The number of hydrogen-bond acceptors (Lipinski definition) is 3. The average Bonchev–Trinajstić information content (AvgIpc) is 2.86. The third-order valence-electron chi connectivity index (χ3n) is 3.20. The van der Waals surface area contributed by atoms with Crippen molar-refractivity contribution < 1.29 is 13.9 Å². The topological polar surface area (TPSA) is 70.1 Å². The zero-order valence-corrected chi connectivity index (χ0v) is 11.2. The Hall–Kier alpha value is -2.89. The maximum absolute atomic E-state index is 13.4. The van der Waals surface area contributed by atoms with Crippen molar-refractivity contribution in [3.05, 3.63) is 48.3 Å². The van der Waals surface area contributed by atoms with Gasteiger partial charge in [0, 0.05) is 17.0 Å². The number of aromatic nitrogens is 2. The van der Waals surface area contributed by atoms with Gasteiger partial charge < -0.3 is 10.5 Å². The van der Waals surface area contributed by atoms with Crippen LogP contribution in [0.4, 0.5) is 9.18 Å². The molecule has 0 saturated carbocycles. The molecular weight excluding hydrogens is 273 g/mol. The molecule has 1 heterocycles. The number of fused-ring (bicyclic) bond motifs is 1. The number of ether oxygens (including phenoxy) is 1. The van der Waals surface area contributed by atoms with E-state index in [0.29, 0.717) is 27.9 Å². The second kappa shape index (κ2) is 4.90. The van der Waals surface area contributed by atoms with E-state index in [2.05, 4.69) is 5.10 Å². The van der Waals surface area contributed by atoms with E-state index < -0.39 is 6.03 Å². The van der Waals surface area contributed by atoms with E-state index in [1.165, 1.54) is 19.2 Å². The predicted octanol–water partition coefficient (Wildman–Crippen LogP) is 2.78. The number of benzene rings is 2. The van der Waals surface area contributed by atoms with E-state index in [9.17, 15) is 9.18 Å². The van der Waals surface area contributed by atoms with Crippen LogP contribution in [-0.2, 0) is 0 Å². The van der Waals surface area contributed by atoms with Gasteiger partial charge in [0.05, 0.1) is 12.6 Å². The molecule has 5 nitrogen and oxygen atoms in total. The van der Waals surface area contributed by atoms with Gasteiger partial charge in [0.15, 0.2) is 0 Å². The van der Waals surface area contributed by atoms with E-state index in [1.54, 1.807) is 30.3 Å². The van der Waals surface area contributed by atoms with Gasteiger partial charge in [0.2, 0.25) is 0 Å². The van der Waals surface area contributed by atoms with Gasteiger partial charge in [-0.1, -0.05) is 12.1 Å². The van der Waals surface area contributed by atoms with E-state index >= 15 is 0 Å². The van der Waals surface area contributed by atoms with Crippen LogP contribution >= 0.6 is 0 Å². The summed E-state index contributed by atoms with van der Waals surface area (Å²) in [6.07, 6.45) is 0. The quantitative estimate of drug-likeness (QED) is 0.787. The Balaban J connectivity index is 2.31. The van der Waals surface area contributed by atoms with Crippen molar-refractivity contribution in [2.45, 2.75) is 0 Å². The highest BCUT2D eigenvalue weighted by Gasteiger charge is 2.16. The van der Waals surface area contributed by atoms with Crippen LogP contribution < -0.4 is 10.5 Å². The van der Waals surface area contributed by atoms with Gasteiger partial charge in [-0.2, -0.15) is 9.78 Å². The zero-order valence-electron chi connectivity index (χ0n) is 11.2. The highest BCUT2D eigenvalue weighted by Crippen LogP contribution is 2.30. The van der Waals surface area contributed by atoms with Gasteiger partial charge in [0.25, 0.3) is 0 Å². The predicted molar refractivity (Wildman–Crippen MR) is 76.7 cm³/mol. The summed E-state index contributed by atoms with van der Waals surface area (Å²) in [5, 5.41) is 4.89. The molecule has 1 amide bonds. The number of nitrogens with zero attached hydrogens (tertiary/aromatic N) is 2. The van der Waals surface area contributed by atoms with Crippen molar-refractivity contribution in [2.24, 2.45) is 5.73 Å². The second-order valence-electron chi connectivity index (χ2n) is 4.49. The van der Waals surface area contributed by atoms with Gasteiger partial charge in [-0.15, -0.1) is 0 Å². The van der Waals surface area contributed by atoms with Gasteiger partial charge in [-0.05, 0) is 24.3 Å². The minimum Gasteiger partial charge on any atom is -0.497 e. The summed E-state index contributed by atoms with van der Waals surface area (Å²) in [7, 11) is 1.53. The summed E-state index contributed by atoms with van der Waals surface area (Å²) in [5.41, 5.74) is 6.92. The molecule has 0 aliphatic carbocycles. The second-order valence-corrected chi connectivity index (χ2v) is 4.49. The van der Waals surface area contributed by atoms with Crippen LogP contribution in [0.2, 0.25) is 0 Å². The number of primary amides is 1. The van der Waals surface area contributed by atoms with E-state index in [-0.39, 0.29) is 5.82 Å². The van der Waals surface area contributed by atoms with Gasteiger partial charge in [-0.25, -0.2) is 9.18 Å². The SMILES string of the molecule is COc1ccc2c(-c3cccc(F)c3)nn(C(N)=O)c2c1. The number of nitrogens with two attached hydrogens (primary N) is 1. The molecule has 0 aliphatic rings. The maximum atomic E-state index is 13.4. The molecular formula is C15H12FN3O2. The van der Waals surface area contributed by atoms with Crippen LogP contribution in [-0.4, -0.2) is 22.9 Å². The van der Waals surface area contributed by atoms with Crippen molar-refractivity contribution in [3.8, 4) is 17.0 Å². The number of methoxy groups -OCH3 is 1. The Morgan fingerprint density at radius 2 is 2.10 bits per heavy atom. The average molecular weight is 285 g/mol. The van der Waals surface area contributed by atoms with Gasteiger partial charge >= 0.3 is 6.03 Å². The summed E-state index contributed by atoms with van der Waals surface area (Å²) in [6.45, 7) is 0. The van der Waals surface area contributed by atoms with Crippen molar-refractivity contribution in [2.75, 3.05) is 7.11 Å². The number of hydrogen-bond donors (Lipinski definition) is 1. The van der Waals surface area contributed by atoms with Gasteiger partial charge in [-0.3, -0.25) is 0 Å². The van der Waals surface area contributed by atoms with Crippen LogP contribution in [0.1, 0.15) is 0 Å². The van der Waals surface area contributed by atoms with Crippen molar-refractivity contribution in [3.63, 3.8) is 0 Å². The van der Waals surface area contributed by atoms with Crippen molar-refractivity contribution in [1.29, 1.82) is 0 Å². The van der Waals surface area contributed by atoms with Crippen LogP contribution in [0.25, 0.3) is 22.2 Å². The molecule has 3 rings (SSSR count). The molecule has 0 unspecified atom stereocenters. The fourth-order valence-corrected chi connectivity index (χ4v) is 2.24. The highest BCUT2D eigenvalue weighted by atomic mass is 19.1. The lowest BCUT2D eigenvalue weighted by Gasteiger charge is -2.01. The van der Waals surface area contributed by atoms with Crippen LogP contribution in [0.15, 0.2) is 42.5 Å². The first-order valence-corrected chi connectivity index (χ1v) is 6.22. The van der Waals surface area contributed by atoms with E-state index in [4.69, 9.17) is 10.5 Å².